The van der Waals surface area contributed by atoms with Gasteiger partial charge in [-0.25, -0.2) is 0 Å². The molecular weight excluding hydrogens is 590 g/mol. The van der Waals surface area contributed by atoms with Crippen LogP contribution < -0.4 is 4.74 Å². The van der Waals surface area contributed by atoms with Gasteiger partial charge in [-0.15, -0.1) is 0 Å². The minimum absolute atomic E-state index is 0.0491. The number of fused-ring (bicyclic) bond motifs is 1. The van der Waals surface area contributed by atoms with Gasteiger partial charge in [-0.3, -0.25) is 19.0 Å². The molecule has 1 atom stereocenters. The van der Waals surface area contributed by atoms with Gasteiger partial charge in [0.25, 0.3) is 5.91 Å². The van der Waals surface area contributed by atoms with Crippen molar-refractivity contribution in [2.24, 2.45) is 0 Å². The average molecular weight is 638 g/mol. The minimum atomic E-state index is -0.728. The number of halogens is 1. The van der Waals surface area contributed by atoms with Gasteiger partial charge in [-0.1, -0.05) is 69.2 Å². The molecule has 0 saturated heterocycles. The summed E-state index contributed by atoms with van der Waals surface area (Å²) in [6.07, 6.45) is 16.1. The lowest BCUT2D eigenvalue weighted by Gasteiger charge is -2.17. The lowest BCUT2D eigenvalue weighted by atomic mass is 10.0. The van der Waals surface area contributed by atoms with E-state index >= 15 is 0 Å². The fraction of sp³-hybridized carbons (Fsp3) is 0.486. The van der Waals surface area contributed by atoms with Crippen molar-refractivity contribution >= 4 is 40.3 Å². The lowest BCUT2D eigenvalue weighted by Crippen LogP contribution is -2.20. The molecule has 7 nitrogen and oxygen atoms in total. The number of carbonyl (C=O) groups excluding carboxylic acids is 2. The van der Waals surface area contributed by atoms with Gasteiger partial charge < -0.3 is 14.6 Å². The third-order valence-electron chi connectivity index (χ3n) is 8.16. The van der Waals surface area contributed by atoms with E-state index in [1.807, 2.05) is 25.1 Å². The van der Waals surface area contributed by atoms with E-state index in [0.717, 1.165) is 81.6 Å². The molecule has 1 aromatic heterocycles. The lowest BCUT2D eigenvalue weighted by molar-refractivity contribution is -0.148. The highest BCUT2D eigenvalue weighted by atomic mass is 35.5. The van der Waals surface area contributed by atoms with E-state index in [4.69, 9.17) is 26.2 Å². The van der Waals surface area contributed by atoms with Crippen molar-refractivity contribution in [3.05, 3.63) is 76.5 Å². The Labute approximate surface area is 272 Å². The summed E-state index contributed by atoms with van der Waals surface area (Å²) in [4.78, 5) is 37.7. The maximum absolute atomic E-state index is 13.6. The Hall–Kier alpha value is -3.58. The van der Waals surface area contributed by atoms with Gasteiger partial charge in [0.1, 0.15) is 11.9 Å². The van der Waals surface area contributed by atoms with Crippen LogP contribution in [0.3, 0.4) is 0 Å². The second-order valence-electron chi connectivity index (χ2n) is 11.6. The number of unbranched alkanes of at least 4 members (excludes halogenated alkanes) is 8. The van der Waals surface area contributed by atoms with Crippen molar-refractivity contribution in [3.8, 4) is 5.75 Å². The summed E-state index contributed by atoms with van der Waals surface area (Å²) in [6.45, 7) is 4.04. The SMILES string of the molecule is CCCCCC[C@H](C/C=C\CCCCCCCC(=O)O)OC(=O)Cc1c(C)n(C(=O)c2ccc(Cl)cc2)c2ccc(OC)cc12. The summed E-state index contributed by atoms with van der Waals surface area (Å²) in [5.74, 6) is -0.589. The Balaban J connectivity index is 1.69. The van der Waals surface area contributed by atoms with Gasteiger partial charge in [0.2, 0.25) is 0 Å². The molecule has 0 spiro atoms. The highest BCUT2D eigenvalue weighted by Gasteiger charge is 2.23. The molecule has 0 unspecified atom stereocenters. The normalized spacial score (nSPS) is 12.1. The summed E-state index contributed by atoms with van der Waals surface area (Å²) >= 11 is 6.05. The highest BCUT2D eigenvalue weighted by Crippen LogP contribution is 2.31. The molecule has 0 aliphatic heterocycles. The molecule has 0 bridgehead atoms. The molecule has 0 fully saturated rings. The van der Waals surface area contributed by atoms with Crippen molar-refractivity contribution in [2.75, 3.05) is 7.11 Å². The van der Waals surface area contributed by atoms with Crippen LogP contribution in [0.1, 0.15) is 112 Å². The minimum Gasteiger partial charge on any atom is -0.497 e. The largest absolute Gasteiger partial charge is 0.497 e. The van der Waals surface area contributed by atoms with Gasteiger partial charge in [-0.05, 0) is 87.1 Å². The molecule has 1 N–H and O–H groups in total. The highest BCUT2D eigenvalue weighted by molar-refractivity contribution is 6.30. The van der Waals surface area contributed by atoms with Crippen molar-refractivity contribution < 1.29 is 29.0 Å². The topological polar surface area (TPSA) is 94.8 Å². The quantitative estimate of drug-likeness (QED) is 0.0753. The first-order valence-corrected chi connectivity index (χ1v) is 16.7. The maximum Gasteiger partial charge on any atom is 0.310 e. The third kappa shape index (κ3) is 11.4. The second kappa shape index (κ2) is 19.1. The van der Waals surface area contributed by atoms with E-state index in [2.05, 4.69) is 19.1 Å². The van der Waals surface area contributed by atoms with Crippen molar-refractivity contribution in [1.82, 2.24) is 4.57 Å². The van der Waals surface area contributed by atoms with Crippen molar-refractivity contribution in [2.45, 2.75) is 110 Å². The Bertz CT molecular complexity index is 1420. The predicted octanol–water partition coefficient (Wildman–Crippen LogP) is 9.49. The third-order valence-corrected chi connectivity index (χ3v) is 8.41. The standard InChI is InChI=1S/C37H48ClNO6/c1-4-5-6-13-16-30(17-14-11-9-7-8-10-12-15-18-35(40)41)45-36(42)26-32-27(2)39(34-24-23-31(44-3)25-33(32)34)37(43)28-19-21-29(38)22-20-28/h11,14,19-25,30H,4-10,12-13,15-18,26H2,1-3H3,(H,40,41)/b14-11-/t30-/m1/s1. The number of carboxylic acids is 1. The average Bonchev–Trinajstić information content (AvgIpc) is 3.29. The number of carboxylic acid groups (broad SMARTS) is 1. The van der Waals surface area contributed by atoms with E-state index in [-0.39, 0.29) is 30.8 Å². The number of benzene rings is 2. The first-order valence-electron chi connectivity index (χ1n) is 16.3. The number of aromatic nitrogens is 1. The first-order chi connectivity index (χ1) is 21.7. The molecule has 3 rings (SSSR count). The molecule has 45 heavy (non-hydrogen) atoms. The molecule has 0 saturated carbocycles. The summed E-state index contributed by atoms with van der Waals surface area (Å²) in [5.41, 5.74) is 2.65. The number of hydrogen-bond acceptors (Lipinski definition) is 5. The molecule has 8 heteroatoms. The number of ether oxygens (including phenoxy) is 2. The van der Waals surface area contributed by atoms with Crippen LogP contribution in [0.25, 0.3) is 10.9 Å². The second-order valence-corrected chi connectivity index (χ2v) is 12.1. The first kappa shape index (κ1) is 35.9. The van der Waals surface area contributed by atoms with E-state index in [0.29, 0.717) is 34.0 Å². The smallest absolute Gasteiger partial charge is 0.310 e. The molecular formula is C37H48ClNO6. The van der Waals surface area contributed by atoms with Gasteiger partial charge in [0.15, 0.2) is 0 Å². The monoisotopic (exact) mass is 637 g/mol. The summed E-state index contributed by atoms with van der Waals surface area (Å²) in [5, 5.41) is 10.1. The van der Waals surface area contributed by atoms with Crippen LogP contribution >= 0.6 is 11.6 Å². The number of allylic oxidation sites excluding steroid dienone is 1. The number of nitrogens with zero attached hydrogens (tertiary/aromatic N) is 1. The van der Waals surface area contributed by atoms with Gasteiger partial charge in [-0.2, -0.15) is 0 Å². The molecule has 2 aromatic carbocycles. The Morgan fingerprint density at radius 1 is 0.933 bits per heavy atom. The van der Waals surface area contributed by atoms with E-state index in [1.165, 1.54) is 0 Å². The molecule has 1 heterocycles. The van der Waals surface area contributed by atoms with E-state index < -0.39 is 5.97 Å². The number of rotatable bonds is 20. The van der Waals surface area contributed by atoms with E-state index in [9.17, 15) is 14.4 Å². The van der Waals surface area contributed by atoms with Crippen LogP contribution in [0, 0.1) is 6.92 Å². The summed E-state index contributed by atoms with van der Waals surface area (Å²) in [7, 11) is 1.59. The molecule has 0 aliphatic rings. The molecule has 0 amide bonds. The van der Waals surface area contributed by atoms with Crippen LogP contribution in [-0.2, 0) is 20.7 Å². The van der Waals surface area contributed by atoms with Crippen LogP contribution in [0.4, 0.5) is 0 Å². The number of hydrogen-bond donors (Lipinski definition) is 1. The Kier molecular flexibility index (Phi) is 15.2. The van der Waals surface area contributed by atoms with Gasteiger partial charge >= 0.3 is 11.9 Å². The van der Waals surface area contributed by atoms with Gasteiger partial charge in [0, 0.05) is 34.5 Å². The summed E-state index contributed by atoms with van der Waals surface area (Å²) < 4.78 is 13.2. The molecule has 0 aliphatic carbocycles. The predicted molar refractivity (Wildman–Crippen MR) is 180 cm³/mol. The number of methoxy groups -OCH3 is 1. The zero-order valence-corrected chi connectivity index (χ0v) is 27.7. The zero-order chi connectivity index (χ0) is 32.6. The number of aliphatic carboxylic acids is 1. The zero-order valence-electron chi connectivity index (χ0n) is 27.0. The Morgan fingerprint density at radius 2 is 1.64 bits per heavy atom. The van der Waals surface area contributed by atoms with Crippen LogP contribution in [0.2, 0.25) is 5.02 Å². The molecule has 244 valence electrons. The van der Waals surface area contributed by atoms with Gasteiger partial charge in [0.05, 0.1) is 19.0 Å². The van der Waals surface area contributed by atoms with Crippen molar-refractivity contribution in [1.29, 1.82) is 0 Å². The maximum atomic E-state index is 13.6. The summed E-state index contributed by atoms with van der Waals surface area (Å²) in [6, 6.07) is 12.3. The number of esters is 1. The fourth-order valence-electron chi connectivity index (χ4n) is 5.63. The molecule has 0 radical (unpaired) electrons. The van der Waals surface area contributed by atoms with Crippen LogP contribution in [-0.4, -0.2) is 40.7 Å². The van der Waals surface area contributed by atoms with E-state index in [1.54, 1.807) is 35.9 Å². The fourth-order valence-corrected chi connectivity index (χ4v) is 5.75. The van der Waals surface area contributed by atoms with Crippen molar-refractivity contribution in [3.63, 3.8) is 0 Å². The van der Waals surface area contributed by atoms with Crippen LogP contribution in [0.5, 0.6) is 5.75 Å². The Morgan fingerprint density at radius 3 is 2.36 bits per heavy atom. The van der Waals surface area contributed by atoms with Crippen LogP contribution in [0.15, 0.2) is 54.6 Å². The number of carbonyl (C=O) groups is 3. The molecule has 3 aromatic rings.